The summed E-state index contributed by atoms with van der Waals surface area (Å²) in [4.78, 5) is 55.9. The SMILES string of the molecule is C[C@@H]([C@@H](C)O[Si](C)(C)C(C)(C)C)[C@@H](NC(=O)OCC1c2ccccc2-c2ccccc21)C(=O)ON1C(=O)CCC1=O. The van der Waals surface area contributed by atoms with Crippen molar-refractivity contribution in [3.63, 3.8) is 0 Å². The van der Waals surface area contributed by atoms with Crippen LogP contribution in [0.1, 0.15) is 64.5 Å². The van der Waals surface area contributed by atoms with Crippen molar-refractivity contribution in [1.82, 2.24) is 10.4 Å². The topological polar surface area (TPSA) is 111 Å². The average Bonchev–Trinajstić information content (AvgIpc) is 3.40. The smallest absolute Gasteiger partial charge is 0.407 e. The number of nitrogens with zero attached hydrogens (tertiary/aromatic N) is 1. The van der Waals surface area contributed by atoms with Crippen LogP contribution in [-0.4, -0.2) is 56.0 Å². The monoisotopic (exact) mass is 580 g/mol. The van der Waals surface area contributed by atoms with Gasteiger partial charge >= 0.3 is 12.1 Å². The molecule has 2 aromatic rings. The van der Waals surface area contributed by atoms with Gasteiger partial charge in [0.05, 0.1) is 0 Å². The molecule has 1 heterocycles. The fraction of sp³-hybridized carbons (Fsp3) is 0.484. The van der Waals surface area contributed by atoms with Crippen molar-refractivity contribution in [2.75, 3.05) is 6.61 Å². The maximum atomic E-state index is 13.3. The minimum Gasteiger partial charge on any atom is -0.449 e. The molecular formula is C31H40N2O7Si. The Morgan fingerprint density at radius 2 is 1.46 bits per heavy atom. The Bertz CT molecular complexity index is 1270. The minimum atomic E-state index is -2.22. The quantitative estimate of drug-likeness (QED) is 0.306. The molecule has 0 saturated carbocycles. The molecule has 1 N–H and O–H groups in total. The molecule has 0 spiro atoms. The zero-order valence-corrected chi connectivity index (χ0v) is 25.9. The van der Waals surface area contributed by atoms with Gasteiger partial charge in [0, 0.05) is 30.8 Å². The van der Waals surface area contributed by atoms with Crippen molar-refractivity contribution < 1.29 is 33.2 Å². The molecule has 2 aliphatic rings. The van der Waals surface area contributed by atoms with Crippen LogP contribution in [0, 0.1) is 5.92 Å². The number of hydroxylamine groups is 2. The Labute approximate surface area is 242 Å². The van der Waals surface area contributed by atoms with E-state index in [1.807, 2.05) is 55.5 Å². The van der Waals surface area contributed by atoms with Crippen molar-refractivity contribution in [2.45, 2.75) is 83.7 Å². The van der Waals surface area contributed by atoms with Crippen LogP contribution in [-0.2, 0) is 28.4 Å². The molecule has 1 aliphatic heterocycles. The van der Waals surface area contributed by atoms with Crippen LogP contribution in [0.4, 0.5) is 4.79 Å². The Morgan fingerprint density at radius 1 is 0.951 bits per heavy atom. The van der Waals surface area contributed by atoms with Crippen LogP contribution in [0.15, 0.2) is 48.5 Å². The van der Waals surface area contributed by atoms with E-state index in [1.165, 1.54) is 0 Å². The van der Waals surface area contributed by atoms with Crippen molar-refractivity contribution in [1.29, 1.82) is 0 Å². The molecule has 1 aliphatic carbocycles. The first-order valence-electron chi connectivity index (χ1n) is 14.1. The van der Waals surface area contributed by atoms with Gasteiger partial charge in [-0.15, -0.1) is 5.06 Å². The van der Waals surface area contributed by atoms with Crippen molar-refractivity contribution in [3.8, 4) is 11.1 Å². The maximum absolute atomic E-state index is 13.3. The third-order valence-corrected chi connectivity index (χ3v) is 13.2. The summed E-state index contributed by atoms with van der Waals surface area (Å²) < 4.78 is 12.2. The van der Waals surface area contributed by atoms with Crippen LogP contribution >= 0.6 is 0 Å². The molecule has 0 aromatic heterocycles. The van der Waals surface area contributed by atoms with Gasteiger partial charge < -0.3 is 19.3 Å². The lowest BCUT2D eigenvalue weighted by Gasteiger charge is -2.40. The molecule has 4 rings (SSSR count). The van der Waals surface area contributed by atoms with E-state index >= 15 is 0 Å². The summed E-state index contributed by atoms with van der Waals surface area (Å²) in [5.41, 5.74) is 4.33. The van der Waals surface area contributed by atoms with Gasteiger partial charge in [-0.1, -0.05) is 76.2 Å². The predicted octanol–water partition coefficient (Wildman–Crippen LogP) is 5.55. The molecule has 220 valence electrons. The summed E-state index contributed by atoms with van der Waals surface area (Å²) in [6.07, 6.45) is -1.32. The van der Waals surface area contributed by atoms with Gasteiger partial charge in [-0.2, -0.15) is 0 Å². The third kappa shape index (κ3) is 6.38. The van der Waals surface area contributed by atoms with E-state index in [2.05, 4.69) is 39.2 Å². The molecular weight excluding hydrogens is 540 g/mol. The second kappa shape index (κ2) is 11.8. The minimum absolute atomic E-state index is 0.0307. The largest absolute Gasteiger partial charge is 0.449 e. The van der Waals surface area contributed by atoms with Gasteiger partial charge in [0.15, 0.2) is 8.32 Å². The summed E-state index contributed by atoms with van der Waals surface area (Å²) in [6.45, 7) is 14.2. The van der Waals surface area contributed by atoms with Gasteiger partial charge in [0.1, 0.15) is 12.6 Å². The number of hydrogen-bond acceptors (Lipinski definition) is 7. The lowest BCUT2D eigenvalue weighted by Crippen LogP contribution is -2.53. The number of carbonyl (C=O) groups excluding carboxylic acids is 4. The highest BCUT2D eigenvalue weighted by Crippen LogP contribution is 2.44. The fourth-order valence-corrected chi connectivity index (χ4v) is 6.49. The van der Waals surface area contributed by atoms with Gasteiger partial charge in [-0.25, -0.2) is 9.59 Å². The Hall–Kier alpha value is -3.50. The predicted molar refractivity (Wildman–Crippen MR) is 156 cm³/mol. The number of alkyl carbamates (subject to hydrolysis) is 1. The molecule has 3 amide bonds. The van der Waals surface area contributed by atoms with Gasteiger partial charge in [0.25, 0.3) is 11.8 Å². The third-order valence-electron chi connectivity index (χ3n) is 8.61. The standard InChI is InChI=1S/C31H40N2O7Si/c1-19(20(2)40-41(6,7)31(3,4)5)28(29(36)39-33-26(34)16-17-27(33)35)32-30(37)38-18-25-23-14-10-8-12-21(23)22-13-9-11-15-24(22)25/h8-15,19-20,25,28H,16-18H2,1-7H3,(H,32,37)/t19-,20+,28+/m0/s1. The Balaban J connectivity index is 1.50. The molecule has 0 bridgehead atoms. The van der Waals surface area contributed by atoms with E-state index in [9.17, 15) is 19.2 Å². The molecule has 10 heteroatoms. The fourth-order valence-electron chi connectivity index (χ4n) is 5.00. The van der Waals surface area contributed by atoms with E-state index in [0.29, 0.717) is 5.06 Å². The number of rotatable bonds is 9. The van der Waals surface area contributed by atoms with Crippen molar-refractivity contribution in [3.05, 3.63) is 59.7 Å². The molecule has 41 heavy (non-hydrogen) atoms. The highest BCUT2D eigenvalue weighted by Gasteiger charge is 2.43. The van der Waals surface area contributed by atoms with Crippen LogP contribution < -0.4 is 5.32 Å². The van der Waals surface area contributed by atoms with Gasteiger partial charge in [0.2, 0.25) is 0 Å². The lowest BCUT2D eigenvalue weighted by molar-refractivity contribution is -0.200. The first-order chi connectivity index (χ1) is 19.2. The van der Waals surface area contributed by atoms with E-state index in [1.54, 1.807) is 6.92 Å². The number of hydrogen-bond donors (Lipinski definition) is 1. The van der Waals surface area contributed by atoms with E-state index < -0.39 is 50.3 Å². The maximum Gasteiger partial charge on any atom is 0.407 e. The van der Waals surface area contributed by atoms with Crippen molar-refractivity contribution in [2.24, 2.45) is 5.92 Å². The summed E-state index contributed by atoms with van der Waals surface area (Å²) in [7, 11) is -2.22. The highest BCUT2D eigenvalue weighted by atomic mass is 28.4. The van der Waals surface area contributed by atoms with Crippen molar-refractivity contribution >= 4 is 32.2 Å². The Morgan fingerprint density at radius 3 is 1.98 bits per heavy atom. The molecule has 1 saturated heterocycles. The Kier molecular flexibility index (Phi) is 8.75. The van der Waals surface area contributed by atoms with E-state index in [4.69, 9.17) is 14.0 Å². The number of ether oxygens (including phenoxy) is 1. The van der Waals surface area contributed by atoms with Crippen LogP contribution in [0.2, 0.25) is 18.1 Å². The second-order valence-corrected chi connectivity index (χ2v) is 17.1. The summed E-state index contributed by atoms with van der Waals surface area (Å²) in [5, 5.41) is 3.06. The summed E-state index contributed by atoms with van der Waals surface area (Å²) >= 11 is 0. The van der Waals surface area contributed by atoms with Gasteiger partial charge in [-0.3, -0.25) is 9.59 Å². The average molecular weight is 581 g/mol. The van der Waals surface area contributed by atoms with Crippen LogP contribution in [0.25, 0.3) is 11.1 Å². The highest BCUT2D eigenvalue weighted by molar-refractivity contribution is 6.74. The molecule has 3 atom stereocenters. The number of nitrogens with one attached hydrogen (secondary N) is 1. The van der Waals surface area contributed by atoms with Crippen LogP contribution in [0.3, 0.4) is 0 Å². The second-order valence-electron chi connectivity index (χ2n) is 12.4. The lowest BCUT2D eigenvalue weighted by atomic mass is 9.97. The number of benzene rings is 2. The summed E-state index contributed by atoms with van der Waals surface area (Å²) in [5.74, 6) is -2.84. The first kappa shape index (κ1) is 30.5. The zero-order valence-electron chi connectivity index (χ0n) is 24.9. The number of imide groups is 1. The molecule has 9 nitrogen and oxygen atoms in total. The molecule has 2 aromatic carbocycles. The van der Waals surface area contributed by atoms with Gasteiger partial charge in [-0.05, 0) is 47.3 Å². The van der Waals surface area contributed by atoms with Crippen LogP contribution in [0.5, 0.6) is 0 Å². The molecule has 1 fully saturated rings. The first-order valence-corrected chi connectivity index (χ1v) is 17.0. The summed E-state index contributed by atoms with van der Waals surface area (Å²) in [6, 6.07) is 14.8. The van der Waals surface area contributed by atoms with E-state index in [0.717, 1.165) is 22.3 Å². The number of fused-ring (bicyclic) bond motifs is 3. The number of carbonyl (C=O) groups is 4. The molecule has 0 unspecified atom stereocenters. The van der Waals surface area contributed by atoms with E-state index in [-0.39, 0.29) is 30.4 Å². The normalized spacial score (nSPS) is 17.5. The zero-order chi connectivity index (χ0) is 30.1. The molecule has 0 radical (unpaired) electrons. The number of amides is 3.